The van der Waals surface area contributed by atoms with Crippen molar-refractivity contribution in [3.8, 4) is 0 Å². The van der Waals surface area contributed by atoms with Gasteiger partial charge in [0, 0.05) is 11.8 Å². The minimum atomic E-state index is 0.446. The molecular formula is C11H18O. The number of hydrogen-bond donors (Lipinski definition) is 0. The topological polar surface area (TPSA) is 17.1 Å². The molecule has 0 amide bonds. The quantitative estimate of drug-likeness (QED) is 0.616. The predicted molar refractivity (Wildman–Crippen MR) is 48.9 cm³/mol. The molecule has 12 heavy (non-hydrogen) atoms. The van der Waals surface area contributed by atoms with Gasteiger partial charge in [0.25, 0.3) is 0 Å². The molecule has 2 atom stereocenters. The first kappa shape index (κ1) is 8.28. The second-order valence-corrected chi connectivity index (χ2v) is 4.65. The van der Waals surface area contributed by atoms with Crippen molar-refractivity contribution in [2.24, 2.45) is 17.8 Å². The van der Waals surface area contributed by atoms with Gasteiger partial charge in [-0.25, -0.2) is 0 Å². The van der Waals surface area contributed by atoms with Crippen LogP contribution in [0.5, 0.6) is 0 Å². The summed E-state index contributed by atoms with van der Waals surface area (Å²) in [5, 5.41) is 0. The second-order valence-electron chi connectivity index (χ2n) is 4.65. The third-order valence-corrected chi connectivity index (χ3v) is 3.32. The van der Waals surface area contributed by atoms with E-state index in [2.05, 4.69) is 6.92 Å². The fourth-order valence-corrected chi connectivity index (χ4v) is 2.39. The van der Waals surface area contributed by atoms with Gasteiger partial charge in [0.05, 0.1) is 0 Å². The molecule has 0 spiro atoms. The van der Waals surface area contributed by atoms with Crippen LogP contribution in [0.1, 0.15) is 45.4 Å². The van der Waals surface area contributed by atoms with E-state index in [1.165, 1.54) is 38.5 Å². The maximum atomic E-state index is 11.7. The van der Waals surface area contributed by atoms with Crippen LogP contribution in [0.4, 0.5) is 0 Å². The Morgan fingerprint density at radius 2 is 1.83 bits per heavy atom. The van der Waals surface area contributed by atoms with Crippen LogP contribution in [0.15, 0.2) is 0 Å². The van der Waals surface area contributed by atoms with Crippen molar-refractivity contribution >= 4 is 5.78 Å². The lowest BCUT2D eigenvalue weighted by Gasteiger charge is -2.25. The average molecular weight is 166 g/mol. The Balaban J connectivity index is 1.89. The summed E-state index contributed by atoms with van der Waals surface area (Å²) in [5.74, 6) is 2.33. The van der Waals surface area contributed by atoms with E-state index in [1.54, 1.807) is 0 Å². The van der Waals surface area contributed by atoms with Gasteiger partial charge >= 0.3 is 0 Å². The van der Waals surface area contributed by atoms with Crippen molar-refractivity contribution in [2.45, 2.75) is 45.4 Å². The van der Waals surface area contributed by atoms with Crippen molar-refractivity contribution in [3.63, 3.8) is 0 Å². The third kappa shape index (κ3) is 1.70. The van der Waals surface area contributed by atoms with E-state index in [-0.39, 0.29) is 0 Å². The molecule has 2 fully saturated rings. The lowest BCUT2D eigenvalue weighted by Crippen LogP contribution is -2.22. The molecule has 2 rings (SSSR count). The maximum Gasteiger partial charge on any atom is 0.139 e. The molecule has 2 aliphatic carbocycles. The minimum absolute atomic E-state index is 0.446. The number of rotatable bonds is 2. The van der Waals surface area contributed by atoms with Crippen LogP contribution in [0.3, 0.4) is 0 Å². The van der Waals surface area contributed by atoms with Gasteiger partial charge < -0.3 is 0 Å². The molecule has 0 saturated heterocycles. The summed E-state index contributed by atoms with van der Waals surface area (Å²) in [6.45, 7) is 2.28. The highest BCUT2D eigenvalue weighted by atomic mass is 16.1. The van der Waals surface area contributed by atoms with Crippen molar-refractivity contribution in [1.29, 1.82) is 0 Å². The Kier molecular flexibility index (Phi) is 2.20. The fraction of sp³-hybridized carbons (Fsp3) is 0.909. The zero-order valence-corrected chi connectivity index (χ0v) is 7.88. The van der Waals surface area contributed by atoms with E-state index >= 15 is 0 Å². The smallest absolute Gasteiger partial charge is 0.139 e. The molecule has 68 valence electrons. The van der Waals surface area contributed by atoms with E-state index < -0.39 is 0 Å². The van der Waals surface area contributed by atoms with E-state index in [4.69, 9.17) is 0 Å². The van der Waals surface area contributed by atoms with Gasteiger partial charge in [-0.1, -0.05) is 19.8 Å². The van der Waals surface area contributed by atoms with Crippen LogP contribution in [0, 0.1) is 17.8 Å². The first-order chi connectivity index (χ1) is 5.77. The molecule has 2 aliphatic rings. The van der Waals surface area contributed by atoms with Gasteiger partial charge in [0.15, 0.2) is 0 Å². The van der Waals surface area contributed by atoms with Crippen LogP contribution < -0.4 is 0 Å². The highest BCUT2D eigenvalue weighted by Crippen LogP contribution is 2.38. The van der Waals surface area contributed by atoms with E-state index in [0.29, 0.717) is 17.6 Å². The summed E-state index contributed by atoms with van der Waals surface area (Å²) in [6.07, 6.45) is 7.35. The van der Waals surface area contributed by atoms with Crippen LogP contribution in [-0.4, -0.2) is 5.78 Å². The first-order valence-electron chi connectivity index (χ1n) is 5.31. The van der Waals surface area contributed by atoms with Crippen LogP contribution in [0.2, 0.25) is 0 Å². The number of Topliss-reactive ketones (excluding diaryl/α,β-unsaturated/α-hetero) is 1. The van der Waals surface area contributed by atoms with Gasteiger partial charge in [-0.2, -0.15) is 0 Å². The minimum Gasteiger partial charge on any atom is -0.299 e. The van der Waals surface area contributed by atoms with Crippen molar-refractivity contribution in [3.05, 3.63) is 0 Å². The number of carbonyl (C=O) groups excluding carboxylic acids is 1. The number of hydrogen-bond acceptors (Lipinski definition) is 1. The van der Waals surface area contributed by atoms with E-state index in [9.17, 15) is 4.79 Å². The summed E-state index contributed by atoms with van der Waals surface area (Å²) < 4.78 is 0. The molecule has 0 aromatic carbocycles. The Labute approximate surface area is 74.5 Å². The fourth-order valence-electron chi connectivity index (χ4n) is 2.39. The highest BCUT2D eigenvalue weighted by molar-refractivity contribution is 5.85. The predicted octanol–water partition coefficient (Wildman–Crippen LogP) is 2.79. The van der Waals surface area contributed by atoms with Crippen LogP contribution in [-0.2, 0) is 4.79 Å². The normalized spacial score (nSPS) is 36.4. The molecule has 0 aliphatic heterocycles. The maximum absolute atomic E-state index is 11.7. The molecule has 1 nitrogen and oxygen atoms in total. The van der Waals surface area contributed by atoms with Crippen molar-refractivity contribution < 1.29 is 4.79 Å². The average Bonchev–Trinajstić information content (AvgIpc) is 2.85. The molecule has 0 aromatic heterocycles. The SMILES string of the molecule is CC1CCCC(C(=O)C2CC2)C1. The summed E-state index contributed by atoms with van der Waals surface area (Å²) >= 11 is 0. The lowest BCUT2D eigenvalue weighted by atomic mass is 9.79. The second kappa shape index (κ2) is 3.20. The summed E-state index contributed by atoms with van der Waals surface area (Å²) in [7, 11) is 0. The molecule has 0 radical (unpaired) electrons. The Hall–Kier alpha value is -0.330. The third-order valence-electron chi connectivity index (χ3n) is 3.32. The van der Waals surface area contributed by atoms with Crippen molar-refractivity contribution in [1.82, 2.24) is 0 Å². The Bertz CT molecular complexity index is 181. The zero-order chi connectivity index (χ0) is 8.55. The van der Waals surface area contributed by atoms with Gasteiger partial charge in [-0.05, 0) is 31.6 Å². The molecule has 0 N–H and O–H groups in total. The van der Waals surface area contributed by atoms with Gasteiger partial charge in [0.1, 0.15) is 5.78 Å². The highest BCUT2D eigenvalue weighted by Gasteiger charge is 2.35. The Morgan fingerprint density at radius 3 is 2.42 bits per heavy atom. The molecule has 1 heteroatoms. The van der Waals surface area contributed by atoms with Crippen LogP contribution >= 0.6 is 0 Å². The summed E-state index contributed by atoms with van der Waals surface area (Å²) in [5.41, 5.74) is 0. The Morgan fingerprint density at radius 1 is 1.08 bits per heavy atom. The standard InChI is InChI=1S/C11H18O/c1-8-3-2-4-10(7-8)11(12)9-5-6-9/h8-10H,2-7H2,1H3. The molecular weight excluding hydrogens is 148 g/mol. The summed E-state index contributed by atoms with van der Waals surface area (Å²) in [6, 6.07) is 0. The van der Waals surface area contributed by atoms with Gasteiger partial charge in [0.2, 0.25) is 0 Å². The monoisotopic (exact) mass is 166 g/mol. The van der Waals surface area contributed by atoms with E-state index in [0.717, 1.165) is 5.92 Å². The van der Waals surface area contributed by atoms with Gasteiger partial charge in [-0.15, -0.1) is 0 Å². The largest absolute Gasteiger partial charge is 0.299 e. The molecule has 0 bridgehead atoms. The van der Waals surface area contributed by atoms with E-state index in [1.807, 2.05) is 0 Å². The first-order valence-corrected chi connectivity index (χ1v) is 5.31. The van der Waals surface area contributed by atoms with Crippen LogP contribution in [0.25, 0.3) is 0 Å². The molecule has 0 heterocycles. The number of carbonyl (C=O) groups is 1. The molecule has 0 aromatic rings. The molecule has 2 unspecified atom stereocenters. The lowest BCUT2D eigenvalue weighted by molar-refractivity contribution is -0.125. The molecule has 2 saturated carbocycles. The number of ketones is 1. The summed E-state index contributed by atoms with van der Waals surface area (Å²) in [4.78, 5) is 11.7. The zero-order valence-electron chi connectivity index (χ0n) is 7.88. The van der Waals surface area contributed by atoms with Crippen molar-refractivity contribution in [2.75, 3.05) is 0 Å². The van der Waals surface area contributed by atoms with Gasteiger partial charge in [-0.3, -0.25) is 4.79 Å².